The van der Waals surface area contributed by atoms with Gasteiger partial charge in [-0.2, -0.15) is 43.9 Å². The van der Waals surface area contributed by atoms with E-state index in [1.165, 1.54) is 0 Å². The predicted octanol–water partition coefficient (Wildman–Crippen LogP) is 4.90. The van der Waals surface area contributed by atoms with Crippen LogP contribution in [0.3, 0.4) is 0 Å². The number of hydrogen-bond donors (Lipinski definition) is 1. The highest BCUT2D eigenvalue weighted by Crippen LogP contribution is 2.70. The first-order valence-corrected chi connectivity index (χ1v) is 8.72. The van der Waals surface area contributed by atoms with Gasteiger partial charge in [0.25, 0.3) is 5.67 Å². The van der Waals surface area contributed by atoms with Crippen LogP contribution in [-0.2, 0) is 9.53 Å². The summed E-state index contributed by atoms with van der Waals surface area (Å²) >= 11 is 0. The van der Waals surface area contributed by atoms with Gasteiger partial charge in [0.1, 0.15) is 6.10 Å². The third-order valence-electron chi connectivity index (χ3n) is 5.43. The van der Waals surface area contributed by atoms with Gasteiger partial charge in [-0.15, -0.1) is 0 Å². The number of rotatable bonds is 4. The lowest BCUT2D eigenvalue weighted by Crippen LogP contribution is -2.84. The van der Waals surface area contributed by atoms with Crippen LogP contribution in [0.15, 0.2) is 0 Å². The number of aliphatic hydroxyl groups is 1. The molecule has 1 N–H and O–H groups in total. The van der Waals surface area contributed by atoms with Gasteiger partial charge in [0.05, 0.1) is 0 Å². The molecular weight excluding hydrogens is 449 g/mol. The molecule has 1 unspecified atom stereocenters. The van der Waals surface area contributed by atoms with Gasteiger partial charge in [0, 0.05) is 6.42 Å². The molecule has 0 aromatic carbocycles. The van der Waals surface area contributed by atoms with Crippen molar-refractivity contribution in [3.8, 4) is 0 Å². The Balaban J connectivity index is 2.47. The third-order valence-corrected chi connectivity index (χ3v) is 5.43. The summed E-state index contributed by atoms with van der Waals surface area (Å²) in [6.45, 7) is 0.0919. The highest BCUT2D eigenvalue weighted by atomic mass is 19.4. The highest BCUT2D eigenvalue weighted by molar-refractivity contribution is 5.79. The van der Waals surface area contributed by atoms with E-state index in [1.807, 2.05) is 0 Å². The second-order valence-corrected chi connectivity index (χ2v) is 7.79. The summed E-state index contributed by atoms with van der Waals surface area (Å²) in [6.07, 6.45) is -1.89. The van der Waals surface area contributed by atoms with Gasteiger partial charge in [-0.25, -0.2) is 9.18 Å². The Morgan fingerprint density at radius 1 is 0.800 bits per heavy atom. The summed E-state index contributed by atoms with van der Waals surface area (Å²) in [5.41, 5.74) is -10.2. The molecule has 0 aromatic rings. The van der Waals surface area contributed by atoms with Crippen molar-refractivity contribution in [3.63, 3.8) is 0 Å². The van der Waals surface area contributed by atoms with Crippen LogP contribution < -0.4 is 0 Å². The monoisotopic (exact) mass is 466 g/mol. The number of carbonyl (C=O) groups excluding carboxylic acids is 1. The molecule has 2 aliphatic rings. The molecule has 0 aliphatic heterocycles. The number of esters is 1. The maximum absolute atomic E-state index is 14.7. The van der Waals surface area contributed by atoms with Crippen molar-refractivity contribution in [2.45, 2.75) is 92.4 Å². The summed E-state index contributed by atoms with van der Waals surface area (Å²) in [7, 11) is 0. The zero-order valence-electron chi connectivity index (χ0n) is 15.2. The van der Waals surface area contributed by atoms with Crippen molar-refractivity contribution in [2.75, 3.05) is 0 Å². The quantitative estimate of drug-likeness (QED) is 0.474. The van der Waals surface area contributed by atoms with Crippen LogP contribution in [0.25, 0.3) is 0 Å². The normalized spacial score (nSPS) is 30.8. The summed E-state index contributed by atoms with van der Waals surface area (Å²) in [5.74, 6) is -38.2. The average Bonchev–Trinajstić information content (AvgIpc) is 2.60. The van der Waals surface area contributed by atoms with E-state index in [9.17, 15) is 58.2 Å². The first-order valence-electron chi connectivity index (χ1n) is 8.72. The molecule has 0 aromatic heterocycles. The van der Waals surface area contributed by atoms with Crippen LogP contribution in [0.2, 0.25) is 0 Å². The molecule has 0 spiro atoms. The third kappa shape index (κ3) is 2.99. The highest BCUT2D eigenvalue weighted by Gasteiger charge is 3.01. The maximum Gasteiger partial charge on any atom is 0.384 e. The molecule has 2 rings (SSSR count). The van der Waals surface area contributed by atoms with E-state index in [1.54, 1.807) is 0 Å². The fourth-order valence-electron chi connectivity index (χ4n) is 3.52. The Kier molecular flexibility index (Phi) is 5.67. The lowest BCUT2D eigenvalue weighted by atomic mass is 9.68. The standard InChI is InChI=1S/C16H17F11O3/c1-10(29,9(28)30-8-5-3-2-4-6-8)7-11(17)12(18,19)14(22,23)16(26,27)15(24,25)13(11,20)21/h8,29H,2-7H2,1H3. The molecule has 0 saturated heterocycles. The largest absolute Gasteiger partial charge is 0.460 e. The van der Waals surface area contributed by atoms with Crippen LogP contribution in [0.5, 0.6) is 0 Å². The summed E-state index contributed by atoms with van der Waals surface area (Å²) in [5, 5.41) is 9.91. The van der Waals surface area contributed by atoms with Crippen molar-refractivity contribution in [2.24, 2.45) is 0 Å². The van der Waals surface area contributed by atoms with Crippen LogP contribution in [0.4, 0.5) is 48.3 Å². The van der Waals surface area contributed by atoms with Crippen molar-refractivity contribution in [1.29, 1.82) is 0 Å². The lowest BCUT2D eigenvalue weighted by Gasteiger charge is -2.53. The van der Waals surface area contributed by atoms with Crippen molar-refractivity contribution in [1.82, 2.24) is 0 Å². The fourth-order valence-corrected chi connectivity index (χ4v) is 3.52. The van der Waals surface area contributed by atoms with E-state index < -0.39 is 59.4 Å². The molecule has 14 heteroatoms. The van der Waals surface area contributed by atoms with Crippen LogP contribution >= 0.6 is 0 Å². The first-order chi connectivity index (χ1) is 13.2. The Hall–Kier alpha value is -1.34. The second kappa shape index (κ2) is 6.83. The smallest absolute Gasteiger partial charge is 0.384 e. The predicted molar refractivity (Wildman–Crippen MR) is 76.8 cm³/mol. The van der Waals surface area contributed by atoms with E-state index in [4.69, 9.17) is 0 Å². The minimum atomic E-state index is -7.35. The number of carbonyl (C=O) groups is 1. The van der Waals surface area contributed by atoms with E-state index in [2.05, 4.69) is 4.74 Å². The van der Waals surface area contributed by atoms with E-state index >= 15 is 0 Å². The molecule has 2 saturated carbocycles. The van der Waals surface area contributed by atoms with Gasteiger partial charge in [0.2, 0.25) is 0 Å². The van der Waals surface area contributed by atoms with Crippen molar-refractivity contribution >= 4 is 5.97 Å². The molecule has 0 radical (unpaired) electrons. The molecule has 2 aliphatic carbocycles. The van der Waals surface area contributed by atoms with E-state index in [-0.39, 0.29) is 19.8 Å². The molecular formula is C16H17F11O3. The molecule has 2 fully saturated rings. The minimum absolute atomic E-state index is 0.0919. The molecule has 1 atom stereocenters. The van der Waals surface area contributed by atoms with Gasteiger partial charge in [-0.05, 0) is 32.6 Å². The Bertz CT molecular complexity index is 654. The van der Waals surface area contributed by atoms with E-state index in [0.717, 1.165) is 6.42 Å². The van der Waals surface area contributed by atoms with Crippen molar-refractivity contribution < 1.29 is 62.9 Å². The van der Waals surface area contributed by atoms with Gasteiger partial charge < -0.3 is 9.84 Å². The Morgan fingerprint density at radius 2 is 1.17 bits per heavy atom. The summed E-state index contributed by atoms with van der Waals surface area (Å²) in [6, 6.07) is 0. The second-order valence-electron chi connectivity index (χ2n) is 7.79. The molecule has 30 heavy (non-hydrogen) atoms. The summed E-state index contributed by atoms with van der Waals surface area (Å²) < 4.78 is 156. The lowest BCUT2D eigenvalue weighted by molar-refractivity contribution is -0.487. The SMILES string of the molecule is CC(O)(CC1(F)C(F)(F)C(F)(F)C(F)(F)C(F)(F)C1(F)F)C(=O)OC1CCCCC1. The zero-order chi connectivity index (χ0) is 23.6. The number of alkyl halides is 11. The van der Waals surface area contributed by atoms with Crippen LogP contribution in [-0.4, -0.2) is 58.1 Å². The average molecular weight is 466 g/mol. The van der Waals surface area contributed by atoms with Gasteiger partial charge in [-0.3, -0.25) is 0 Å². The minimum Gasteiger partial charge on any atom is -0.460 e. The van der Waals surface area contributed by atoms with Crippen LogP contribution in [0, 0.1) is 0 Å². The van der Waals surface area contributed by atoms with Gasteiger partial charge in [0.15, 0.2) is 5.60 Å². The van der Waals surface area contributed by atoms with E-state index in [0.29, 0.717) is 12.8 Å². The Labute approximate surface area is 162 Å². The molecule has 0 bridgehead atoms. The molecule has 0 amide bonds. The molecule has 0 heterocycles. The van der Waals surface area contributed by atoms with Crippen molar-refractivity contribution in [3.05, 3.63) is 0 Å². The van der Waals surface area contributed by atoms with Gasteiger partial charge in [-0.1, -0.05) is 6.42 Å². The molecule has 3 nitrogen and oxygen atoms in total. The first kappa shape index (κ1) is 24.9. The number of hydrogen-bond acceptors (Lipinski definition) is 3. The number of ether oxygens (including phenoxy) is 1. The van der Waals surface area contributed by atoms with Crippen LogP contribution in [0.1, 0.15) is 45.4 Å². The maximum atomic E-state index is 14.7. The van der Waals surface area contributed by atoms with Gasteiger partial charge >= 0.3 is 35.6 Å². The zero-order valence-corrected chi connectivity index (χ0v) is 15.2. The number of halogens is 11. The fraction of sp³-hybridized carbons (Fsp3) is 0.938. The molecule has 176 valence electrons. The topological polar surface area (TPSA) is 46.5 Å². The Morgan fingerprint density at radius 3 is 1.57 bits per heavy atom. The summed E-state index contributed by atoms with van der Waals surface area (Å²) in [4.78, 5) is 12.0.